The van der Waals surface area contributed by atoms with Crippen molar-refractivity contribution in [3.05, 3.63) is 60.2 Å². The van der Waals surface area contributed by atoms with Gasteiger partial charge >= 0.3 is 12.6 Å². The molecule has 0 saturated carbocycles. The van der Waals surface area contributed by atoms with Crippen LogP contribution >= 0.6 is 0 Å². The molecule has 1 fully saturated rings. The molecule has 1 aliphatic heterocycles. The molecule has 0 bridgehead atoms. The molecule has 1 aliphatic rings. The smallest absolute Gasteiger partial charge is 0.387 e. The van der Waals surface area contributed by atoms with E-state index in [1.165, 1.54) is 24.3 Å². The highest BCUT2D eigenvalue weighted by Gasteiger charge is 2.48. The molecule has 2 aromatic carbocycles. The number of benzene rings is 2. The topological polar surface area (TPSA) is 67.9 Å². The molecule has 3 rings (SSSR count). The Hall–Kier alpha value is -3.16. The summed E-state index contributed by atoms with van der Waals surface area (Å²) < 4.78 is 34.3. The number of rotatable bonds is 7. The molecule has 3 amide bonds. The van der Waals surface area contributed by atoms with Crippen LogP contribution in [0.15, 0.2) is 54.6 Å². The number of urea groups is 1. The predicted octanol–water partition coefficient (Wildman–Crippen LogP) is 3.13. The second kappa shape index (κ2) is 7.61. The minimum Gasteiger partial charge on any atom is -0.492 e. The van der Waals surface area contributed by atoms with Gasteiger partial charge in [-0.25, -0.2) is 4.79 Å². The number of imide groups is 1. The van der Waals surface area contributed by atoms with Crippen LogP contribution in [0.3, 0.4) is 0 Å². The minimum atomic E-state index is -2.93. The maximum absolute atomic E-state index is 12.8. The molecule has 1 heterocycles. The summed E-state index contributed by atoms with van der Waals surface area (Å²) in [6, 6.07) is 14.1. The SMILES string of the molecule is CC1(c2ccc(OC(F)F)cc2)NC(=O)N(CCOc2ccccc2)C1=O. The summed E-state index contributed by atoms with van der Waals surface area (Å²) in [6.07, 6.45) is 0. The number of carbonyl (C=O) groups excluding carboxylic acids is 2. The van der Waals surface area contributed by atoms with Crippen molar-refractivity contribution in [3.63, 3.8) is 0 Å². The van der Waals surface area contributed by atoms with Crippen molar-refractivity contribution in [2.45, 2.75) is 19.1 Å². The van der Waals surface area contributed by atoms with Crippen molar-refractivity contribution in [1.82, 2.24) is 10.2 Å². The molecule has 27 heavy (non-hydrogen) atoms. The summed E-state index contributed by atoms with van der Waals surface area (Å²) in [5.74, 6) is 0.177. The monoisotopic (exact) mass is 376 g/mol. The molecule has 6 nitrogen and oxygen atoms in total. The molecule has 2 aromatic rings. The zero-order chi connectivity index (χ0) is 19.4. The molecule has 0 aromatic heterocycles. The first-order chi connectivity index (χ1) is 12.9. The molecule has 0 spiro atoms. The van der Waals surface area contributed by atoms with Crippen LogP contribution in [0.5, 0.6) is 11.5 Å². The lowest BCUT2D eigenvalue weighted by Crippen LogP contribution is -2.41. The van der Waals surface area contributed by atoms with Gasteiger partial charge in [-0.2, -0.15) is 8.78 Å². The summed E-state index contributed by atoms with van der Waals surface area (Å²) in [7, 11) is 0. The van der Waals surface area contributed by atoms with E-state index < -0.39 is 24.1 Å². The molecule has 1 unspecified atom stereocenters. The third kappa shape index (κ3) is 3.99. The summed E-state index contributed by atoms with van der Waals surface area (Å²) in [6.45, 7) is -1.13. The second-order valence-corrected chi connectivity index (χ2v) is 6.08. The lowest BCUT2D eigenvalue weighted by molar-refractivity contribution is -0.131. The fourth-order valence-electron chi connectivity index (χ4n) is 2.84. The third-order valence-electron chi connectivity index (χ3n) is 4.26. The van der Waals surface area contributed by atoms with E-state index in [1.807, 2.05) is 18.2 Å². The van der Waals surface area contributed by atoms with Gasteiger partial charge in [0.25, 0.3) is 5.91 Å². The Morgan fingerprint density at radius 3 is 2.33 bits per heavy atom. The standard InChI is InChI=1S/C19H18F2N2O4/c1-19(13-7-9-15(10-8-13)27-17(20)21)16(24)23(18(25)22-19)11-12-26-14-5-3-2-4-6-14/h2-10,17H,11-12H2,1H3,(H,22,25). The Morgan fingerprint density at radius 1 is 1.04 bits per heavy atom. The molecule has 1 atom stereocenters. The van der Waals surface area contributed by atoms with Crippen LogP contribution < -0.4 is 14.8 Å². The van der Waals surface area contributed by atoms with Crippen molar-refractivity contribution in [2.24, 2.45) is 0 Å². The van der Waals surface area contributed by atoms with Crippen molar-refractivity contribution in [3.8, 4) is 11.5 Å². The number of nitrogens with zero attached hydrogens (tertiary/aromatic N) is 1. The molecule has 0 aliphatic carbocycles. The number of amides is 3. The third-order valence-corrected chi connectivity index (χ3v) is 4.26. The van der Waals surface area contributed by atoms with E-state index in [0.29, 0.717) is 11.3 Å². The Morgan fingerprint density at radius 2 is 1.70 bits per heavy atom. The lowest BCUT2D eigenvalue weighted by Gasteiger charge is -2.22. The van der Waals surface area contributed by atoms with E-state index in [1.54, 1.807) is 19.1 Å². The normalized spacial score (nSPS) is 19.3. The van der Waals surface area contributed by atoms with E-state index in [0.717, 1.165) is 4.90 Å². The number of carbonyl (C=O) groups is 2. The first-order valence-corrected chi connectivity index (χ1v) is 8.27. The zero-order valence-corrected chi connectivity index (χ0v) is 14.5. The highest BCUT2D eigenvalue weighted by atomic mass is 19.3. The quantitative estimate of drug-likeness (QED) is 0.754. The number of nitrogens with one attached hydrogen (secondary N) is 1. The fourth-order valence-corrected chi connectivity index (χ4v) is 2.84. The first-order valence-electron chi connectivity index (χ1n) is 8.27. The molecular weight excluding hydrogens is 358 g/mol. The van der Waals surface area contributed by atoms with Crippen molar-refractivity contribution in [2.75, 3.05) is 13.2 Å². The van der Waals surface area contributed by atoms with E-state index in [-0.39, 0.29) is 18.9 Å². The van der Waals surface area contributed by atoms with E-state index in [4.69, 9.17) is 4.74 Å². The van der Waals surface area contributed by atoms with Crippen molar-refractivity contribution < 1.29 is 27.8 Å². The van der Waals surface area contributed by atoms with Gasteiger partial charge in [-0.1, -0.05) is 30.3 Å². The first kappa shape index (κ1) is 18.6. The second-order valence-electron chi connectivity index (χ2n) is 6.08. The largest absolute Gasteiger partial charge is 0.492 e. The van der Waals surface area contributed by atoms with Gasteiger partial charge in [-0.05, 0) is 36.8 Å². The van der Waals surface area contributed by atoms with Gasteiger partial charge < -0.3 is 14.8 Å². The van der Waals surface area contributed by atoms with Crippen LogP contribution in [-0.4, -0.2) is 36.6 Å². The van der Waals surface area contributed by atoms with Crippen LogP contribution in [0, 0.1) is 0 Å². The van der Waals surface area contributed by atoms with Crippen molar-refractivity contribution >= 4 is 11.9 Å². The average Bonchev–Trinajstić information content (AvgIpc) is 2.86. The number of hydrogen-bond acceptors (Lipinski definition) is 4. The Balaban J connectivity index is 1.66. The molecule has 8 heteroatoms. The number of hydrogen-bond donors (Lipinski definition) is 1. The van der Waals surface area contributed by atoms with Gasteiger partial charge in [0.1, 0.15) is 23.6 Å². The van der Waals surface area contributed by atoms with Gasteiger partial charge in [0, 0.05) is 0 Å². The number of para-hydroxylation sites is 1. The predicted molar refractivity (Wildman–Crippen MR) is 92.6 cm³/mol. The van der Waals surface area contributed by atoms with E-state index >= 15 is 0 Å². The van der Waals surface area contributed by atoms with Crippen LogP contribution in [0.2, 0.25) is 0 Å². The lowest BCUT2D eigenvalue weighted by atomic mass is 9.92. The van der Waals surface area contributed by atoms with E-state index in [9.17, 15) is 18.4 Å². The summed E-state index contributed by atoms with van der Waals surface area (Å²) in [5.41, 5.74) is -0.818. The molecule has 142 valence electrons. The van der Waals surface area contributed by atoms with Crippen LogP contribution in [0.4, 0.5) is 13.6 Å². The van der Waals surface area contributed by atoms with Crippen LogP contribution in [0.1, 0.15) is 12.5 Å². The Kier molecular flexibility index (Phi) is 5.25. The summed E-state index contributed by atoms with van der Waals surface area (Å²) >= 11 is 0. The van der Waals surface area contributed by atoms with Gasteiger partial charge in [0.05, 0.1) is 6.54 Å². The number of ether oxygens (including phenoxy) is 2. The Labute approximate surface area is 154 Å². The molecule has 0 radical (unpaired) electrons. The zero-order valence-electron chi connectivity index (χ0n) is 14.5. The maximum Gasteiger partial charge on any atom is 0.387 e. The highest BCUT2D eigenvalue weighted by Crippen LogP contribution is 2.30. The van der Waals surface area contributed by atoms with Gasteiger partial charge in [0.2, 0.25) is 0 Å². The molecule has 1 saturated heterocycles. The van der Waals surface area contributed by atoms with E-state index in [2.05, 4.69) is 10.1 Å². The van der Waals surface area contributed by atoms with Gasteiger partial charge in [-0.3, -0.25) is 9.69 Å². The highest BCUT2D eigenvalue weighted by molar-refractivity contribution is 6.07. The molecular formula is C19H18F2N2O4. The fraction of sp³-hybridized carbons (Fsp3) is 0.263. The molecule has 1 N–H and O–H groups in total. The summed E-state index contributed by atoms with van der Waals surface area (Å²) in [4.78, 5) is 26.1. The number of halogens is 2. The Bertz CT molecular complexity index is 814. The van der Waals surface area contributed by atoms with Gasteiger partial charge in [-0.15, -0.1) is 0 Å². The van der Waals surface area contributed by atoms with Crippen molar-refractivity contribution in [1.29, 1.82) is 0 Å². The maximum atomic E-state index is 12.8. The van der Waals surface area contributed by atoms with Crippen LogP contribution in [-0.2, 0) is 10.3 Å². The van der Waals surface area contributed by atoms with Crippen LogP contribution in [0.25, 0.3) is 0 Å². The van der Waals surface area contributed by atoms with Gasteiger partial charge in [0.15, 0.2) is 0 Å². The average molecular weight is 376 g/mol. The minimum absolute atomic E-state index is 0.0257. The number of alkyl halides is 2. The summed E-state index contributed by atoms with van der Waals surface area (Å²) in [5, 5.41) is 2.65.